The van der Waals surface area contributed by atoms with Gasteiger partial charge in [-0.05, 0) is 37.0 Å². The molecule has 1 saturated carbocycles. The monoisotopic (exact) mass is 606 g/mol. The number of carbonyl (C=O) groups excluding carboxylic acids is 3. The van der Waals surface area contributed by atoms with Gasteiger partial charge in [-0.15, -0.1) is 0 Å². The number of hydrogen-bond donors (Lipinski definition) is 3. The molecule has 12 heteroatoms. The van der Waals surface area contributed by atoms with Gasteiger partial charge in [-0.3, -0.25) is 19.3 Å². The Bertz CT molecular complexity index is 1160. The van der Waals surface area contributed by atoms with E-state index >= 15 is 0 Å². The first-order valence-corrected chi connectivity index (χ1v) is 16.7. The van der Waals surface area contributed by atoms with Crippen molar-refractivity contribution in [2.24, 2.45) is 5.92 Å². The second kappa shape index (κ2) is 16.6. The van der Waals surface area contributed by atoms with Crippen LogP contribution in [0.25, 0.3) is 0 Å². The minimum Gasteiger partial charge on any atom is -0.497 e. The van der Waals surface area contributed by atoms with Crippen LogP contribution in [0.3, 0.4) is 0 Å². The van der Waals surface area contributed by atoms with Crippen LogP contribution >= 0.6 is 0 Å². The molecule has 3 atom stereocenters. The van der Waals surface area contributed by atoms with Crippen LogP contribution in [0, 0.1) is 5.92 Å². The molecule has 11 nitrogen and oxygen atoms in total. The fourth-order valence-electron chi connectivity index (χ4n) is 5.31. The van der Waals surface area contributed by atoms with Crippen molar-refractivity contribution in [3.8, 4) is 5.75 Å². The van der Waals surface area contributed by atoms with Crippen molar-refractivity contribution < 1.29 is 32.3 Å². The highest BCUT2D eigenvalue weighted by molar-refractivity contribution is 7.93. The molecule has 2 aliphatic rings. The van der Waals surface area contributed by atoms with Crippen LogP contribution in [0.4, 0.5) is 0 Å². The number of carbonyl (C=O) groups is 3. The molecule has 42 heavy (non-hydrogen) atoms. The molecule has 1 aliphatic carbocycles. The van der Waals surface area contributed by atoms with E-state index in [0.29, 0.717) is 44.4 Å². The second-order valence-corrected chi connectivity index (χ2v) is 13.2. The highest BCUT2D eigenvalue weighted by atomic mass is 32.2. The van der Waals surface area contributed by atoms with Crippen LogP contribution in [0.5, 0.6) is 5.75 Å². The Labute approximate surface area is 249 Å². The second-order valence-electron chi connectivity index (χ2n) is 11.3. The summed E-state index contributed by atoms with van der Waals surface area (Å²) in [5, 5.41) is 9.65. The molecule has 1 aromatic rings. The van der Waals surface area contributed by atoms with E-state index in [1.807, 2.05) is 17.0 Å². The zero-order valence-corrected chi connectivity index (χ0v) is 25.8. The standard InChI is InChI=1S/C30H46N4O7S/c1-22(31-28(35)21-34-14-16-41-17-15-34)29(36)33-27(20-24-9-11-26(40-2)12-10-24)30(37)32-25(13-18-42(3,38)39)19-23-7-5-4-6-8-23/h9-13,18,22-23,25,27H,4-8,14-17,19-21H2,1-3H3,(H,31,35)(H,32,37)(H,33,36)/b18-13+/t22-,25+,27-/m0/s1. The average molecular weight is 607 g/mol. The molecule has 3 amide bonds. The Kier molecular flexibility index (Phi) is 13.3. The van der Waals surface area contributed by atoms with Crippen molar-refractivity contribution in [1.29, 1.82) is 0 Å². The molecule has 1 heterocycles. The van der Waals surface area contributed by atoms with Crippen LogP contribution in [-0.2, 0) is 35.4 Å². The lowest BCUT2D eigenvalue weighted by atomic mass is 9.84. The smallest absolute Gasteiger partial charge is 0.243 e. The summed E-state index contributed by atoms with van der Waals surface area (Å²) in [5.74, 6) is -0.155. The van der Waals surface area contributed by atoms with Gasteiger partial charge in [0, 0.05) is 37.2 Å². The lowest BCUT2D eigenvalue weighted by Crippen LogP contribution is -2.55. The topological polar surface area (TPSA) is 143 Å². The molecule has 3 rings (SSSR count). The van der Waals surface area contributed by atoms with E-state index in [2.05, 4.69) is 16.0 Å². The van der Waals surface area contributed by atoms with Gasteiger partial charge in [-0.2, -0.15) is 0 Å². The summed E-state index contributed by atoms with van der Waals surface area (Å²) in [6, 6.07) is 4.88. The maximum absolute atomic E-state index is 13.7. The van der Waals surface area contributed by atoms with E-state index in [-0.39, 0.29) is 18.9 Å². The van der Waals surface area contributed by atoms with Gasteiger partial charge in [-0.1, -0.05) is 50.3 Å². The molecule has 0 unspecified atom stereocenters. The van der Waals surface area contributed by atoms with Gasteiger partial charge in [0.2, 0.25) is 17.7 Å². The summed E-state index contributed by atoms with van der Waals surface area (Å²) < 4.78 is 34.3. The van der Waals surface area contributed by atoms with Gasteiger partial charge < -0.3 is 25.4 Å². The van der Waals surface area contributed by atoms with Gasteiger partial charge in [0.05, 0.1) is 26.9 Å². The molecular weight excluding hydrogens is 560 g/mol. The summed E-state index contributed by atoms with van der Waals surface area (Å²) in [6.45, 7) is 4.16. The Balaban J connectivity index is 1.71. The molecule has 234 valence electrons. The van der Waals surface area contributed by atoms with Crippen LogP contribution in [0.1, 0.15) is 51.0 Å². The number of methoxy groups -OCH3 is 1. The highest BCUT2D eigenvalue weighted by Crippen LogP contribution is 2.27. The average Bonchev–Trinajstić information content (AvgIpc) is 2.96. The first kappa shape index (κ1) is 33.5. The normalized spacial score (nSPS) is 19.0. The number of nitrogens with one attached hydrogen (secondary N) is 3. The van der Waals surface area contributed by atoms with Crippen molar-refractivity contribution in [2.45, 2.75) is 70.0 Å². The number of sulfone groups is 1. The van der Waals surface area contributed by atoms with E-state index in [1.54, 1.807) is 26.2 Å². The number of benzene rings is 1. The first-order valence-electron chi connectivity index (χ1n) is 14.7. The SMILES string of the molecule is COc1ccc(C[C@H](NC(=O)[C@H](C)NC(=O)CN2CCOCC2)C(=O)N[C@H](/C=C/S(C)(=O)=O)CC2CCCCC2)cc1. The fourth-order valence-corrected chi connectivity index (χ4v) is 5.78. The van der Waals surface area contributed by atoms with Crippen molar-refractivity contribution in [2.75, 3.05) is 46.2 Å². The van der Waals surface area contributed by atoms with Crippen LogP contribution in [0.2, 0.25) is 0 Å². The van der Waals surface area contributed by atoms with Gasteiger partial charge >= 0.3 is 0 Å². The highest BCUT2D eigenvalue weighted by Gasteiger charge is 2.28. The molecule has 0 aromatic heterocycles. The van der Waals surface area contributed by atoms with E-state index in [9.17, 15) is 22.8 Å². The molecule has 1 saturated heterocycles. The lowest BCUT2D eigenvalue weighted by molar-refractivity contribution is -0.132. The maximum Gasteiger partial charge on any atom is 0.243 e. The predicted octanol–water partition coefficient (Wildman–Crippen LogP) is 1.57. The molecule has 0 spiro atoms. The van der Waals surface area contributed by atoms with E-state index in [0.717, 1.165) is 42.9 Å². The maximum atomic E-state index is 13.7. The molecule has 0 bridgehead atoms. The molecule has 3 N–H and O–H groups in total. The van der Waals surface area contributed by atoms with E-state index < -0.39 is 39.8 Å². The van der Waals surface area contributed by atoms with Crippen molar-refractivity contribution in [3.05, 3.63) is 41.3 Å². The van der Waals surface area contributed by atoms with Crippen LogP contribution in [0.15, 0.2) is 35.7 Å². The number of hydrogen-bond acceptors (Lipinski definition) is 8. The minimum absolute atomic E-state index is 0.159. The summed E-state index contributed by atoms with van der Waals surface area (Å²) in [7, 11) is -1.82. The van der Waals surface area contributed by atoms with Gasteiger partial charge in [0.25, 0.3) is 0 Å². The van der Waals surface area contributed by atoms with Crippen LogP contribution in [-0.4, -0.2) is 95.4 Å². The van der Waals surface area contributed by atoms with Gasteiger partial charge in [0.15, 0.2) is 9.84 Å². The predicted molar refractivity (Wildman–Crippen MR) is 161 cm³/mol. The largest absolute Gasteiger partial charge is 0.497 e. The molecule has 1 aromatic carbocycles. The van der Waals surface area contributed by atoms with Crippen LogP contribution < -0.4 is 20.7 Å². The molecule has 0 radical (unpaired) electrons. The third-order valence-electron chi connectivity index (χ3n) is 7.67. The Hall–Kier alpha value is -2.96. The number of ether oxygens (including phenoxy) is 2. The molecular formula is C30H46N4O7S. The summed E-state index contributed by atoms with van der Waals surface area (Å²) in [6.07, 6.45) is 8.95. The first-order chi connectivity index (χ1) is 20.0. The van der Waals surface area contributed by atoms with Gasteiger partial charge in [0.1, 0.15) is 17.8 Å². The number of morpholine rings is 1. The zero-order chi connectivity index (χ0) is 30.5. The van der Waals surface area contributed by atoms with Crippen molar-refractivity contribution in [3.63, 3.8) is 0 Å². The third-order valence-corrected chi connectivity index (χ3v) is 8.32. The van der Waals surface area contributed by atoms with Gasteiger partial charge in [-0.25, -0.2) is 8.42 Å². The molecule has 2 fully saturated rings. The third kappa shape index (κ3) is 12.1. The number of amides is 3. The van der Waals surface area contributed by atoms with E-state index in [1.165, 1.54) is 12.5 Å². The van der Waals surface area contributed by atoms with Crippen molar-refractivity contribution >= 4 is 27.6 Å². The van der Waals surface area contributed by atoms with Crippen molar-refractivity contribution in [1.82, 2.24) is 20.9 Å². The number of nitrogens with zero attached hydrogens (tertiary/aromatic N) is 1. The quantitative estimate of drug-likeness (QED) is 0.290. The Morgan fingerprint density at radius 3 is 2.31 bits per heavy atom. The van der Waals surface area contributed by atoms with E-state index in [4.69, 9.17) is 9.47 Å². The zero-order valence-electron chi connectivity index (χ0n) is 25.0. The number of rotatable bonds is 14. The lowest BCUT2D eigenvalue weighted by Gasteiger charge is -2.28. The Morgan fingerprint density at radius 2 is 1.69 bits per heavy atom. The minimum atomic E-state index is -3.39. The summed E-state index contributed by atoms with van der Waals surface area (Å²) in [5.41, 5.74) is 0.802. The molecule has 1 aliphatic heterocycles. The fraction of sp³-hybridized carbons (Fsp3) is 0.633. The summed E-state index contributed by atoms with van der Waals surface area (Å²) >= 11 is 0. The Morgan fingerprint density at radius 1 is 1.02 bits per heavy atom. The summed E-state index contributed by atoms with van der Waals surface area (Å²) in [4.78, 5) is 41.4.